The van der Waals surface area contributed by atoms with Crippen molar-refractivity contribution in [2.24, 2.45) is 0 Å². The first-order valence-corrected chi connectivity index (χ1v) is 5.05. The van der Waals surface area contributed by atoms with Crippen molar-refractivity contribution < 1.29 is 9.21 Å². The van der Waals surface area contributed by atoms with Crippen LogP contribution in [0.3, 0.4) is 0 Å². The Morgan fingerprint density at radius 3 is 3.06 bits per heavy atom. The molecule has 0 atom stereocenters. The highest BCUT2D eigenvalue weighted by molar-refractivity contribution is 6.30. The van der Waals surface area contributed by atoms with Crippen LogP contribution in [-0.4, -0.2) is 10.9 Å². The van der Waals surface area contributed by atoms with Gasteiger partial charge in [0.1, 0.15) is 11.5 Å². The molecule has 1 amide bonds. The Morgan fingerprint density at radius 1 is 1.50 bits per heavy atom. The third kappa shape index (κ3) is 2.61. The number of aromatic nitrogens is 1. The number of halogens is 1. The minimum Gasteiger partial charge on any atom is -0.467 e. The van der Waals surface area contributed by atoms with E-state index in [4.69, 9.17) is 16.0 Å². The van der Waals surface area contributed by atoms with Gasteiger partial charge in [-0.25, -0.2) is 0 Å². The van der Waals surface area contributed by atoms with Crippen molar-refractivity contribution in [1.82, 2.24) is 10.3 Å². The lowest BCUT2D eigenvalue weighted by atomic mass is 10.3. The maximum atomic E-state index is 11.6. The monoisotopic (exact) mass is 236 g/mol. The SMILES string of the molecule is O=C(NCc1ccco1)c1cc(Cl)ccn1. The number of rotatable bonds is 3. The van der Waals surface area contributed by atoms with Gasteiger partial charge in [0.05, 0.1) is 12.8 Å². The van der Waals surface area contributed by atoms with Crippen molar-refractivity contribution in [3.63, 3.8) is 0 Å². The standard InChI is InChI=1S/C11H9ClN2O2/c12-8-3-4-13-10(6-8)11(15)14-7-9-2-1-5-16-9/h1-6H,7H2,(H,14,15). The number of hydrogen-bond donors (Lipinski definition) is 1. The minimum absolute atomic E-state index is 0.279. The number of carbonyl (C=O) groups is 1. The zero-order valence-electron chi connectivity index (χ0n) is 8.31. The van der Waals surface area contributed by atoms with Crippen molar-refractivity contribution in [2.75, 3.05) is 0 Å². The highest BCUT2D eigenvalue weighted by atomic mass is 35.5. The van der Waals surface area contributed by atoms with Crippen molar-refractivity contribution >= 4 is 17.5 Å². The second kappa shape index (κ2) is 4.81. The molecule has 0 bridgehead atoms. The van der Waals surface area contributed by atoms with Gasteiger partial charge >= 0.3 is 0 Å². The Morgan fingerprint density at radius 2 is 2.38 bits per heavy atom. The summed E-state index contributed by atoms with van der Waals surface area (Å²) < 4.78 is 5.08. The predicted octanol–water partition coefficient (Wildman–Crippen LogP) is 2.26. The Labute approximate surface area is 97.2 Å². The first kappa shape index (κ1) is 10.7. The molecule has 2 aromatic rings. The molecule has 0 radical (unpaired) electrons. The summed E-state index contributed by atoms with van der Waals surface area (Å²) in [5.41, 5.74) is 0.291. The van der Waals surface area contributed by atoms with Crippen molar-refractivity contribution in [1.29, 1.82) is 0 Å². The van der Waals surface area contributed by atoms with Crippen molar-refractivity contribution in [3.8, 4) is 0 Å². The molecule has 0 saturated heterocycles. The maximum Gasteiger partial charge on any atom is 0.270 e. The third-order valence-corrected chi connectivity index (χ3v) is 2.19. The quantitative estimate of drug-likeness (QED) is 0.889. The van der Waals surface area contributed by atoms with Crippen LogP contribution in [0, 0.1) is 0 Å². The summed E-state index contributed by atoms with van der Waals surface area (Å²) in [5.74, 6) is 0.411. The van der Waals surface area contributed by atoms with Crippen molar-refractivity contribution in [3.05, 3.63) is 53.2 Å². The second-order valence-electron chi connectivity index (χ2n) is 3.12. The lowest BCUT2D eigenvalue weighted by molar-refractivity contribution is 0.0943. The molecule has 2 rings (SSSR count). The fourth-order valence-electron chi connectivity index (χ4n) is 1.20. The summed E-state index contributed by atoms with van der Waals surface area (Å²) >= 11 is 5.75. The zero-order valence-corrected chi connectivity index (χ0v) is 9.07. The van der Waals surface area contributed by atoms with E-state index in [9.17, 15) is 4.79 Å². The van der Waals surface area contributed by atoms with Gasteiger partial charge in [-0.2, -0.15) is 0 Å². The first-order chi connectivity index (χ1) is 7.75. The van der Waals surface area contributed by atoms with Gasteiger partial charge in [0.25, 0.3) is 5.91 Å². The third-order valence-electron chi connectivity index (χ3n) is 1.96. The fourth-order valence-corrected chi connectivity index (χ4v) is 1.36. The lowest BCUT2D eigenvalue weighted by Crippen LogP contribution is -2.23. The number of nitrogens with one attached hydrogen (secondary N) is 1. The summed E-state index contributed by atoms with van der Waals surface area (Å²) in [6.07, 6.45) is 3.04. The van der Waals surface area contributed by atoms with Gasteiger partial charge < -0.3 is 9.73 Å². The Bertz CT molecular complexity index is 482. The molecule has 0 aromatic carbocycles. The zero-order chi connectivity index (χ0) is 11.4. The van der Waals surface area contributed by atoms with Gasteiger partial charge in [-0.1, -0.05) is 11.6 Å². The second-order valence-corrected chi connectivity index (χ2v) is 3.56. The molecule has 2 heterocycles. The van der Waals surface area contributed by atoms with Gasteiger partial charge in [0.15, 0.2) is 0 Å². The average molecular weight is 237 g/mol. The molecular weight excluding hydrogens is 228 g/mol. The molecule has 0 fully saturated rings. The molecule has 0 unspecified atom stereocenters. The minimum atomic E-state index is -0.279. The fraction of sp³-hybridized carbons (Fsp3) is 0.0909. The molecule has 82 valence electrons. The van der Waals surface area contributed by atoms with E-state index < -0.39 is 0 Å². The number of hydrogen-bond acceptors (Lipinski definition) is 3. The molecular formula is C11H9ClN2O2. The largest absolute Gasteiger partial charge is 0.467 e. The van der Waals surface area contributed by atoms with E-state index in [0.717, 1.165) is 0 Å². The molecule has 1 N–H and O–H groups in total. The molecule has 16 heavy (non-hydrogen) atoms. The van der Waals surface area contributed by atoms with Crippen LogP contribution in [0.1, 0.15) is 16.2 Å². The molecule has 0 aliphatic rings. The van der Waals surface area contributed by atoms with Crippen LogP contribution in [0.4, 0.5) is 0 Å². The maximum absolute atomic E-state index is 11.6. The van der Waals surface area contributed by atoms with E-state index in [2.05, 4.69) is 10.3 Å². The van der Waals surface area contributed by atoms with E-state index in [1.165, 1.54) is 12.3 Å². The first-order valence-electron chi connectivity index (χ1n) is 4.68. The Kier molecular flexibility index (Phi) is 3.22. The van der Waals surface area contributed by atoms with E-state index in [1.54, 1.807) is 24.5 Å². The van der Waals surface area contributed by atoms with E-state index >= 15 is 0 Å². The summed E-state index contributed by atoms with van der Waals surface area (Å²) in [6, 6.07) is 6.68. The number of pyridine rings is 1. The van der Waals surface area contributed by atoms with Crippen molar-refractivity contribution in [2.45, 2.75) is 6.54 Å². The van der Waals surface area contributed by atoms with Gasteiger partial charge in [0.2, 0.25) is 0 Å². The van der Waals surface area contributed by atoms with Crippen LogP contribution in [-0.2, 0) is 6.54 Å². The molecule has 0 spiro atoms. The topological polar surface area (TPSA) is 55.1 Å². The molecule has 0 saturated carbocycles. The number of nitrogens with zero attached hydrogens (tertiary/aromatic N) is 1. The lowest BCUT2D eigenvalue weighted by Gasteiger charge is -2.02. The van der Waals surface area contributed by atoms with Crippen LogP contribution in [0.2, 0.25) is 5.02 Å². The van der Waals surface area contributed by atoms with Gasteiger partial charge in [-0.3, -0.25) is 9.78 Å². The van der Waals surface area contributed by atoms with Gasteiger partial charge in [0, 0.05) is 11.2 Å². The normalized spacial score (nSPS) is 10.1. The highest BCUT2D eigenvalue weighted by Crippen LogP contribution is 2.08. The number of carbonyl (C=O) groups excluding carboxylic acids is 1. The molecule has 0 aliphatic heterocycles. The van der Waals surface area contributed by atoms with Gasteiger partial charge in [-0.15, -0.1) is 0 Å². The summed E-state index contributed by atoms with van der Waals surface area (Å²) in [7, 11) is 0. The number of amides is 1. The van der Waals surface area contributed by atoms with Crippen LogP contribution in [0.5, 0.6) is 0 Å². The Hall–Kier alpha value is -1.81. The van der Waals surface area contributed by atoms with Crippen LogP contribution >= 0.6 is 11.6 Å². The predicted molar refractivity (Wildman–Crippen MR) is 59.1 cm³/mol. The van der Waals surface area contributed by atoms with E-state index in [-0.39, 0.29) is 5.91 Å². The average Bonchev–Trinajstić information content (AvgIpc) is 2.78. The van der Waals surface area contributed by atoms with E-state index in [0.29, 0.717) is 23.0 Å². The smallest absolute Gasteiger partial charge is 0.270 e. The summed E-state index contributed by atoms with van der Waals surface area (Å²) in [4.78, 5) is 15.5. The van der Waals surface area contributed by atoms with Crippen LogP contribution < -0.4 is 5.32 Å². The van der Waals surface area contributed by atoms with Crippen LogP contribution in [0.25, 0.3) is 0 Å². The van der Waals surface area contributed by atoms with Crippen LogP contribution in [0.15, 0.2) is 41.1 Å². The summed E-state index contributed by atoms with van der Waals surface area (Å²) in [5, 5.41) is 3.16. The molecule has 4 nitrogen and oxygen atoms in total. The van der Waals surface area contributed by atoms with E-state index in [1.807, 2.05) is 0 Å². The highest BCUT2D eigenvalue weighted by Gasteiger charge is 2.07. The number of furan rings is 1. The molecule has 2 aromatic heterocycles. The Balaban J connectivity index is 1.98. The molecule has 5 heteroatoms. The molecule has 0 aliphatic carbocycles. The van der Waals surface area contributed by atoms with Gasteiger partial charge in [-0.05, 0) is 24.3 Å². The summed E-state index contributed by atoms with van der Waals surface area (Å²) in [6.45, 7) is 0.333.